The van der Waals surface area contributed by atoms with Gasteiger partial charge in [0.05, 0.1) is 12.1 Å². The average molecular weight is 226 g/mol. The Kier molecular flexibility index (Phi) is 3.98. The Labute approximate surface area is 92.4 Å². The van der Waals surface area contributed by atoms with Crippen molar-refractivity contribution in [2.24, 2.45) is 5.92 Å². The first-order chi connectivity index (χ1) is 7.50. The van der Waals surface area contributed by atoms with E-state index in [1.165, 1.54) is 10.9 Å². The molecule has 1 aromatic heterocycles. The van der Waals surface area contributed by atoms with Crippen LogP contribution in [0.5, 0.6) is 0 Å². The van der Waals surface area contributed by atoms with Gasteiger partial charge in [-0.3, -0.25) is 9.59 Å². The fourth-order valence-corrected chi connectivity index (χ4v) is 1.10. The minimum atomic E-state index is -0.937. The van der Waals surface area contributed by atoms with Crippen molar-refractivity contribution in [3.8, 4) is 0 Å². The zero-order chi connectivity index (χ0) is 12.1. The van der Waals surface area contributed by atoms with Gasteiger partial charge in [-0.15, -0.1) is 5.10 Å². The molecule has 0 fully saturated rings. The van der Waals surface area contributed by atoms with E-state index < -0.39 is 17.9 Å². The molecule has 2 unspecified atom stereocenters. The first-order valence-electron chi connectivity index (χ1n) is 4.87. The lowest BCUT2D eigenvalue weighted by Crippen LogP contribution is -2.41. The SMILES string of the molecule is CC(NC(=O)Cn1ccnn1)C(C)C(=O)O. The maximum Gasteiger partial charge on any atom is 0.308 e. The van der Waals surface area contributed by atoms with E-state index in [1.807, 2.05) is 0 Å². The summed E-state index contributed by atoms with van der Waals surface area (Å²) in [5.74, 6) is -1.85. The summed E-state index contributed by atoms with van der Waals surface area (Å²) in [6, 6.07) is -0.423. The molecule has 0 spiro atoms. The largest absolute Gasteiger partial charge is 0.481 e. The summed E-state index contributed by atoms with van der Waals surface area (Å²) >= 11 is 0. The number of carbonyl (C=O) groups excluding carboxylic acids is 1. The van der Waals surface area contributed by atoms with Crippen LogP contribution in [0.2, 0.25) is 0 Å². The Morgan fingerprint density at radius 2 is 2.19 bits per heavy atom. The lowest BCUT2D eigenvalue weighted by molar-refractivity contribution is -0.142. The third-order valence-corrected chi connectivity index (χ3v) is 2.31. The molecule has 1 rings (SSSR count). The number of aliphatic carboxylic acids is 1. The lowest BCUT2D eigenvalue weighted by atomic mass is 10.0. The Bertz CT molecular complexity index is 363. The third-order valence-electron chi connectivity index (χ3n) is 2.31. The van der Waals surface area contributed by atoms with Crippen LogP contribution in [0.1, 0.15) is 13.8 Å². The highest BCUT2D eigenvalue weighted by Gasteiger charge is 2.20. The number of carbonyl (C=O) groups is 2. The topological polar surface area (TPSA) is 97.1 Å². The standard InChI is InChI=1S/C9H14N4O3/c1-6(9(15)16)7(2)11-8(14)5-13-4-3-10-12-13/h3-4,6-7H,5H2,1-2H3,(H,11,14)(H,15,16). The van der Waals surface area contributed by atoms with Gasteiger partial charge in [0.25, 0.3) is 0 Å². The van der Waals surface area contributed by atoms with E-state index in [2.05, 4.69) is 15.6 Å². The van der Waals surface area contributed by atoms with E-state index in [0.29, 0.717) is 0 Å². The van der Waals surface area contributed by atoms with Crippen LogP contribution in [-0.4, -0.2) is 38.0 Å². The number of nitrogens with zero attached hydrogens (tertiary/aromatic N) is 3. The number of carboxylic acid groups (broad SMARTS) is 1. The maximum atomic E-state index is 11.5. The first kappa shape index (κ1) is 12.2. The van der Waals surface area contributed by atoms with Crippen LogP contribution >= 0.6 is 0 Å². The second kappa shape index (κ2) is 5.24. The van der Waals surface area contributed by atoms with Crippen LogP contribution in [-0.2, 0) is 16.1 Å². The average Bonchev–Trinajstić information content (AvgIpc) is 2.68. The summed E-state index contributed by atoms with van der Waals surface area (Å²) in [7, 11) is 0. The summed E-state index contributed by atoms with van der Waals surface area (Å²) in [5, 5.41) is 18.5. The number of nitrogens with one attached hydrogen (secondary N) is 1. The van der Waals surface area contributed by atoms with E-state index in [-0.39, 0.29) is 12.5 Å². The van der Waals surface area contributed by atoms with E-state index in [4.69, 9.17) is 5.11 Å². The second-order valence-corrected chi connectivity index (χ2v) is 3.58. The molecule has 0 aliphatic rings. The van der Waals surface area contributed by atoms with E-state index in [1.54, 1.807) is 20.0 Å². The molecule has 0 aromatic carbocycles. The third kappa shape index (κ3) is 3.34. The van der Waals surface area contributed by atoms with Crippen molar-refractivity contribution in [3.63, 3.8) is 0 Å². The van der Waals surface area contributed by atoms with Crippen molar-refractivity contribution < 1.29 is 14.7 Å². The molecule has 0 bridgehead atoms. The van der Waals surface area contributed by atoms with Crippen molar-refractivity contribution >= 4 is 11.9 Å². The minimum Gasteiger partial charge on any atom is -0.481 e. The van der Waals surface area contributed by atoms with E-state index >= 15 is 0 Å². The zero-order valence-corrected chi connectivity index (χ0v) is 9.12. The molecule has 2 N–H and O–H groups in total. The van der Waals surface area contributed by atoms with E-state index in [0.717, 1.165) is 0 Å². The molecule has 0 aliphatic heterocycles. The first-order valence-corrected chi connectivity index (χ1v) is 4.87. The van der Waals surface area contributed by atoms with Gasteiger partial charge >= 0.3 is 5.97 Å². The number of hydrogen-bond donors (Lipinski definition) is 2. The van der Waals surface area contributed by atoms with Crippen LogP contribution in [0, 0.1) is 5.92 Å². The van der Waals surface area contributed by atoms with E-state index in [9.17, 15) is 9.59 Å². The predicted octanol–water partition coefficient (Wildman–Crippen LogP) is -0.497. The van der Waals surface area contributed by atoms with Crippen molar-refractivity contribution in [3.05, 3.63) is 12.4 Å². The van der Waals surface area contributed by atoms with Gasteiger partial charge < -0.3 is 10.4 Å². The van der Waals surface area contributed by atoms with Gasteiger partial charge in [-0.05, 0) is 13.8 Å². The Morgan fingerprint density at radius 3 is 2.69 bits per heavy atom. The number of amides is 1. The summed E-state index contributed by atoms with van der Waals surface area (Å²) in [6.07, 6.45) is 3.03. The highest BCUT2D eigenvalue weighted by molar-refractivity contribution is 5.77. The molecule has 2 atom stereocenters. The smallest absolute Gasteiger partial charge is 0.308 e. The van der Waals surface area contributed by atoms with Crippen LogP contribution in [0.3, 0.4) is 0 Å². The van der Waals surface area contributed by atoms with Crippen molar-refractivity contribution in [2.75, 3.05) is 0 Å². The Morgan fingerprint density at radius 1 is 1.50 bits per heavy atom. The van der Waals surface area contributed by atoms with Crippen molar-refractivity contribution in [1.29, 1.82) is 0 Å². The molecule has 1 aromatic rings. The maximum absolute atomic E-state index is 11.5. The molecule has 0 aliphatic carbocycles. The van der Waals surface area contributed by atoms with Gasteiger partial charge in [0.1, 0.15) is 6.54 Å². The summed E-state index contributed by atoms with van der Waals surface area (Å²) < 4.78 is 1.37. The normalized spacial score (nSPS) is 14.1. The highest BCUT2D eigenvalue weighted by Crippen LogP contribution is 2.02. The molecule has 0 radical (unpaired) electrons. The lowest BCUT2D eigenvalue weighted by Gasteiger charge is -2.17. The molecule has 7 nitrogen and oxygen atoms in total. The minimum absolute atomic E-state index is 0.0384. The molecule has 0 saturated carbocycles. The molecule has 1 amide bonds. The zero-order valence-electron chi connectivity index (χ0n) is 9.12. The molecule has 7 heteroatoms. The molecular formula is C9H14N4O3. The van der Waals surface area contributed by atoms with Crippen LogP contribution in [0.15, 0.2) is 12.4 Å². The molecular weight excluding hydrogens is 212 g/mol. The molecule has 0 saturated heterocycles. The van der Waals surface area contributed by atoms with Gasteiger partial charge in [0, 0.05) is 12.2 Å². The fourth-order valence-electron chi connectivity index (χ4n) is 1.10. The summed E-state index contributed by atoms with van der Waals surface area (Å²) in [6.45, 7) is 3.23. The highest BCUT2D eigenvalue weighted by atomic mass is 16.4. The number of carboxylic acids is 1. The summed E-state index contributed by atoms with van der Waals surface area (Å²) in [5.41, 5.74) is 0. The summed E-state index contributed by atoms with van der Waals surface area (Å²) in [4.78, 5) is 22.1. The van der Waals surface area contributed by atoms with Crippen molar-refractivity contribution in [2.45, 2.75) is 26.4 Å². The van der Waals surface area contributed by atoms with Gasteiger partial charge in [-0.2, -0.15) is 0 Å². The number of aromatic nitrogens is 3. The Hall–Kier alpha value is -1.92. The quantitative estimate of drug-likeness (QED) is 0.705. The van der Waals surface area contributed by atoms with Gasteiger partial charge in [0.2, 0.25) is 5.91 Å². The predicted molar refractivity (Wildman–Crippen MR) is 54.4 cm³/mol. The second-order valence-electron chi connectivity index (χ2n) is 3.58. The van der Waals surface area contributed by atoms with Crippen LogP contribution in [0.4, 0.5) is 0 Å². The van der Waals surface area contributed by atoms with Crippen LogP contribution < -0.4 is 5.32 Å². The molecule has 16 heavy (non-hydrogen) atoms. The van der Waals surface area contributed by atoms with Gasteiger partial charge in [-0.1, -0.05) is 5.21 Å². The number of rotatable bonds is 5. The number of hydrogen-bond acceptors (Lipinski definition) is 4. The van der Waals surface area contributed by atoms with Crippen molar-refractivity contribution in [1.82, 2.24) is 20.3 Å². The van der Waals surface area contributed by atoms with Gasteiger partial charge in [-0.25, -0.2) is 4.68 Å². The Balaban J connectivity index is 2.42. The molecule has 1 heterocycles. The monoisotopic (exact) mass is 226 g/mol. The fraction of sp³-hybridized carbons (Fsp3) is 0.556. The molecule has 88 valence electrons. The van der Waals surface area contributed by atoms with Crippen LogP contribution in [0.25, 0.3) is 0 Å². The van der Waals surface area contributed by atoms with Gasteiger partial charge in [0.15, 0.2) is 0 Å².